The Morgan fingerprint density at radius 3 is 2.35 bits per heavy atom. The first kappa shape index (κ1) is 17.7. The van der Waals surface area contributed by atoms with Crippen LogP contribution in [0.3, 0.4) is 0 Å². The van der Waals surface area contributed by atoms with Gasteiger partial charge in [0.15, 0.2) is 0 Å². The lowest BCUT2D eigenvalue weighted by Gasteiger charge is -2.15. The molecule has 0 bridgehead atoms. The summed E-state index contributed by atoms with van der Waals surface area (Å²) in [5, 5.41) is 2.89. The Hall–Kier alpha value is -1.70. The van der Waals surface area contributed by atoms with E-state index in [2.05, 4.69) is 26.0 Å². The molecule has 0 heterocycles. The molecule has 0 aliphatic rings. The number of hydrogen-bond donors (Lipinski definition) is 2. The Balaban J connectivity index is 2.12. The van der Waals surface area contributed by atoms with Gasteiger partial charge >= 0.3 is 0 Å². The molecule has 0 aliphatic heterocycles. The van der Waals surface area contributed by atoms with Crippen LogP contribution in [0.2, 0.25) is 0 Å². The van der Waals surface area contributed by atoms with E-state index in [0.717, 1.165) is 10.0 Å². The Kier molecular flexibility index (Phi) is 5.56. The number of hydrogen-bond acceptors (Lipinski definition) is 3. The molecule has 0 saturated carbocycles. The lowest BCUT2D eigenvalue weighted by molar-refractivity contribution is 0.0940. The molecule has 0 aliphatic carbocycles. The molecule has 2 aromatic carbocycles. The topological polar surface area (TPSA) is 75.3 Å². The number of carbonyl (C=O) groups excluding carboxylic acids is 1. The van der Waals surface area contributed by atoms with Crippen molar-refractivity contribution in [2.75, 3.05) is 7.05 Å². The molecule has 0 radical (unpaired) electrons. The zero-order chi connectivity index (χ0) is 17.0. The molecular formula is C16H17BrN2O3S. The second-order valence-corrected chi connectivity index (χ2v) is 7.78. The molecule has 0 saturated heterocycles. The summed E-state index contributed by atoms with van der Waals surface area (Å²) in [5.74, 6) is -0.258. The van der Waals surface area contributed by atoms with E-state index in [1.54, 1.807) is 0 Å². The molecule has 1 atom stereocenters. The van der Waals surface area contributed by atoms with Gasteiger partial charge in [-0.1, -0.05) is 28.1 Å². The molecule has 2 rings (SSSR count). The highest BCUT2D eigenvalue weighted by atomic mass is 79.9. The van der Waals surface area contributed by atoms with Crippen LogP contribution in [0.1, 0.15) is 28.9 Å². The standard InChI is InChI=1S/C16H17BrN2O3S/c1-11(13-4-3-5-14(17)10-13)19-16(20)12-6-8-15(9-7-12)23(21,22)18-2/h3-11,18H,1-2H3,(H,19,20). The fraction of sp³-hybridized carbons (Fsp3) is 0.188. The van der Waals surface area contributed by atoms with Gasteiger partial charge in [0.2, 0.25) is 10.0 Å². The van der Waals surface area contributed by atoms with Crippen LogP contribution in [0, 0.1) is 0 Å². The first-order chi connectivity index (χ1) is 10.8. The molecule has 0 spiro atoms. The van der Waals surface area contributed by atoms with E-state index in [1.807, 2.05) is 31.2 Å². The van der Waals surface area contributed by atoms with Gasteiger partial charge in [-0.25, -0.2) is 13.1 Å². The van der Waals surface area contributed by atoms with Gasteiger partial charge in [-0.15, -0.1) is 0 Å². The summed E-state index contributed by atoms with van der Waals surface area (Å²) >= 11 is 3.40. The quantitative estimate of drug-likeness (QED) is 0.815. The average molecular weight is 397 g/mol. The number of rotatable bonds is 5. The Morgan fingerprint density at radius 2 is 1.78 bits per heavy atom. The molecule has 0 aromatic heterocycles. The van der Waals surface area contributed by atoms with Crippen LogP contribution in [0.15, 0.2) is 57.9 Å². The SMILES string of the molecule is CNS(=O)(=O)c1ccc(C(=O)NC(C)c2cccc(Br)c2)cc1. The van der Waals surface area contributed by atoms with Gasteiger partial charge in [0, 0.05) is 10.0 Å². The first-order valence-corrected chi connectivity index (χ1v) is 9.21. The third-order valence-electron chi connectivity index (χ3n) is 3.39. The van der Waals surface area contributed by atoms with Crippen molar-refractivity contribution in [1.29, 1.82) is 0 Å². The van der Waals surface area contributed by atoms with Crippen molar-refractivity contribution in [3.8, 4) is 0 Å². The summed E-state index contributed by atoms with van der Waals surface area (Å²) in [4.78, 5) is 12.4. The molecule has 1 unspecified atom stereocenters. The molecular weight excluding hydrogens is 380 g/mol. The third-order valence-corrected chi connectivity index (χ3v) is 5.32. The summed E-state index contributed by atoms with van der Waals surface area (Å²) < 4.78 is 26.5. The Morgan fingerprint density at radius 1 is 1.13 bits per heavy atom. The van der Waals surface area contributed by atoms with Crippen LogP contribution in [0.5, 0.6) is 0 Å². The maximum Gasteiger partial charge on any atom is 0.251 e. The minimum Gasteiger partial charge on any atom is -0.346 e. The highest BCUT2D eigenvalue weighted by Crippen LogP contribution is 2.18. The largest absolute Gasteiger partial charge is 0.346 e. The average Bonchev–Trinajstić information content (AvgIpc) is 2.55. The van der Waals surface area contributed by atoms with Crippen molar-refractivity contribution in [3.05, 3.63) is 64.1 Å². The van der Waals surface area contributed by atoms with Gasteiger partial charge in [0.25, 0.3) is 5.91 Å². The predicted molar refractivity (Wildman–Crippen MR) is 92.7 cm³/mol. The summed E-state index contributed by atoms with van der Waals surface area (Å²) in [6, 6.07) is 13.3. The van der Waals surface area contributed by atoms with Crippen LogP contribution in [-0.2, 0) is 10.0 Å². The van der Waals surface area contributed by atoms with Crippen molar-refractivity contribution in [2.45, 2.75) is 17.9 Å². The zero-order valence-corrected chi connectivity index (χ0v) is 15.1. The number of benzene rings is 2. The van der Waals surface area contributed by atoms with E-state index in [4.69, 9.17) is 0 Å². The summed E-state index contributed by atoms with van der Waals surface area (Å²) in [5.41, 5.74) is 1.38. The van der Waals surface area contributed by atoms with Gasteiger partial charge in [-0.2, -0.15) is 0 Å². The number of nitrogens with one attached hydrogen (secondary N) is 2. The molecule has 7 heteroatoms. The number of amides is 1. The van der Waals surface area contributed by atoms with Gasteiger partial charge in [-0.3, -0.25) is 4.79 Å². The monoisotopic (exact) mass is 396 g/mol. The number of carbonyl (C=O) groups is 1. The van der Waals surface area contributed by atoms with Crippen molar-refractivity contribution in [3.63, 3.8) is 0 Å². The maximum atomic E-state index is 12.3. The van der Waals surface area contributed by atoms with E-state index >= 15 is 0 Å². The molecule has 0 fully saturated rings. The van der Waals surface area contributed by atoms with Gasteiger partial charge in [0.1, 0.15) is 0 Å². The van der Waals surface area contributed by atoms with Crippen molar-refractivity contribution in [2.24, 2.45) is 0 Å². The van der Waals surface area contributed by atoms with Crippen LogP contribution in [0.25, 0.3) is 0 Å². The second kappa shape index (κ2) is 7.25. The predicted octanol–water partition coefficient (Wildman–Crippen LogP) is 2.85. The van der Waals surface area contributed by atoms with Gasteiger partial charge in [0.05, 0.1) is 10.9 Å². The zero-order valence-electron chi connectivity index (χ0n) is 12.7. The first-order valence-electron chi connectivity index (χ1n) is 6.93. The third kappa shape index (κ3) is 4.40. The van der Waals surface area contributed by atoms with E-state index in [0.29, 0.717) is 5.56 Å². The summed E-state index contributed by atoms with van der Waals surface area (Å²) in [6.45, 7) is 1.89. The second-order valence-electron chi connectivity index (χ2n) is 4.98. The molecule has 2 N–H and O–H groups in total. The van der Waals surface area contributed by atoms with Gasteiger partial charge in [-0.05, 0) is 55.9 Å². The Labute approximate surface area is 144 Å². The lowest BCUT2D eigenvalue weighted by Crippen LogP contribution is -2.26. The normalized spacial score (nSPS) is 12.7. The van der Waals surface area contributed by atoms with E-state index < -0.39 is 10.0 Å². The number of sulfonamides is 1. The van der Waals surface area contributed by atoms with E-state index in [9.17, 15) is 13.2 Å². The molecule has 122 valence electrons. The molecule has 1 amide bonds. The summed E-state index contributed by atoms with van der Waals surface area (Å²) in [6.07, 6.45) is 0. The lowest BCUT2D eigenvalue weighted by atomic mass is 10.1. The van der Waals surface area contributed by atoms with Crippen LogP contribution < -0.4 is 10.0 Å². The van der Waals surface area contributed by atoms with Crippen LogP contribution in [-0.4, -0.2) is 21.4 Å². The Bertz CT molecular complexity index is 804. The highest BCUT2D eigenvalue weighted by Gasteiger charge is 2.14. The smallest absolute Gasteiger partial charge is 0.251 e. The van der Waals surface area contributed by atoms with Crippen LogP contribution >= 0.6 is 15.9 Å². The highest BCUT2D eigenvalue weighted by molar-refractivity contribution is 9.10. The number of halogens is 1. The fourth-order valence-electron chi connectivity index (χ4n) is 2.04. The van der Waals surface area contributed by atoms with Crippen LogP contribution in [0.4, 0.5) is 0 Å². The fourth-order valence-corrected chi connectivity index (χ4v) is 3.19. The van der Waals surface area contributed by atoms with E-state index in [1.165, 1.54) is 31.3 Å². The minimum atomic E-state index is -3.50. The van der Waals surface area contributed by atoms with E-state index in [-0.39, 0.29) is 16.8 Å². The molecule has 23 heavy (non-hydrogen) atoms. The van der Waals surface area contributed by atoms with Gasteiger partial charge < -0.3 is 5.32 Å². The maximum absolute atomic E-state index is 12.3. The summed E-state index contributed by atoms with van der Waals surface area (Å²) in [7, 11) is -2.16. The molecule has 2 aromatic rings. The van der Waals surface area contributed by atoms with Crippen molar-refractivity contribution in [1.82, 2.24) is 10.0 Å². The van der Waals surface area contributed by atoms with Crippen molar-refractivity contribution >= 4 is 31.9 Å². The molecule has 5 nitrogen and oxygen atoms in total. The van der Waals surface area contributed by atoms with Crippen molar-refractivity contribution < 1.29 is 13.2 Å². The minimum absolute atomic E-state index is 0.122.